The smallest absolute Gasteiger partial charge is 0.314 e. The van der Waals surface area contributed by atoms with Crippen LogP contribution in [0.2, 0.25) is 10.0 Å². The van der Waals surface area contributed by atoms with Crippen LogP contribution in [0.1, 0.15) is 12.8 Å². The van der Waals surface area contributed by atoms with Gasteiger partial charge in [-0.05, 0) is 43.2 Å². The summed E-state index contributed by atoms with van der Waals surface area (Å²) in [5.41, 5.74) is 0. The molecule has 2 aromatic rings. The molecule has 0 amide bonds. The first-order chi connectivity index (χ1) is 13.2. The van der Waals surface area contributed by atoms with Crippen molar-refractivity contribution < 1.29 is 26.7 Å². The van der Waals surface area contributed by atoms with Crippen LogP contribution in [0.15, 0.2) is 41.3 Å². The molecule has 0 spiro atoms. The Hall–Kier alpha value is -1.74. The molecule has 0 bridgehead atoms. The van der Waals surface area contributed by atoms with Gasteiger partial charge in [0.1, 0.15) is 5.75 Å². The van der Waals surface area contributed by atoms with Crippen LogP contribution in [0.3, 0.4) is 0 Å². The van der Waals surface area contributed by atoms with E-state index in [2.05, 4.69) is 0 Å². The van der Waals surface area contributed by atoms with E-state index < -0.39 is 33.5 Å². The highest BCUT2D eigenvalue weighted by atomic mass is 35.5. The standard InChI is InChI=1S/C18H15Cl2F2NO4S/c19-14-3-1-12(9-15(14)20)27-18(24)11-5-7-23(8-6-11)28(25,26)13-2-4-16(21)17(22)10-13/h1-4,9-11H,5-8H2. The van der Waals surface area contributed by atoms with Gasteiger partial charge in [0.25, 0.3) is 0 Å². The molecule has 0 atom stereocenters. The molecule has 0 unspecified atom stereocenters. The summed E-state index contributed by atoms with van der Waals surface area (Å²) in [4.78, 5) is 12.0. The largest absolute Gasteiger partial charge is 0.426 e. The van der Waals surface area contributed by atoms with Crippen LogP contribution < -0.4 is 4.74 Å². The second-order valence-corrected chi connectivity index (χ2v) is 9.00. The lowest BCUT2D eigenvalue weighted by Crippen LogP contribution is -2.41. The number of hydrogen-bond donors (Lipinski definition) is 0. The fraction of sp³-hybridized carbons (Fsp3) is 0.278. The molecule has 10 heteroatoms. The summed E-state index contributed by atoms with van der Waals surface area (Å²) >= 11 is 11.7. The minimum Gasteiger partial charge on any atom is -0.426 e. The van der Waals surface area contributed by atoms with Crippen molar-refractivity contribution in [2.75, 3.05) is 13.1 Å². The number of carbonyl (C=O) groups excluding carboxylic acids is 1. The predicted molar refractivity (Wildman–Crippen MR) is 99.9 cm³/mol. The van der Waals surface area contributed by atoms with Crippen LogP contribution in [0, 0.1) is 17.6 Å². The number of hydrogen-bond acceptors (Lipinski definition) is 4. The van der Waals surface area contributed by atoms with E-state index >= 15 is 0 Å². The average molecular weight is 450 g/mol. The molecule has 5 nitrogen and oxygen atoms in total. The molecular formula is C18H15Cl2F2NO4S. The minimum absolute atomic E-state index is 0.0580. The fourth-order valence-electron chi connectivity index (χ4n) is 2.86. The molecule has 0 N–H and O–H groups in total. The zero-order valence-electron chi connectivity index (χ0n) is 14.4. The van der Waals surface area contributed by atoms with E-state index in [1.807, 2.05) is 0 Å². The maximum atomic E-state index is 13.4. The van der Waals surface area contributed by atoms with E-state index in [4.69, 9.17) is 27.9 Å². The van der Waals surface area contributed by atoms with Gasteiger partial charge < -0.3 is 4.74 Å². The third-order valence-electron chi connectivity index (χ3n) is 4.43. The zero-order chi connectivity index (χ0) is 20.5. The SMILES string of the molecule is O=C(Oc1ccc(Cl)c(Cl)c1)C1CCN(S(=O)(=O)c2ccc(F)c(F)c2)CC1. The van der Waals surface area contributed by atoms with Gasteiger partial charge in [-0.15, -0.1) is 0 Å². The van der Waals surface area contributed by atoms with E-state index in [-0.39, 0.29) is 41.6 Å². The first-order valence-corrected chi connectivity index (χ1v) is 10.5. The van der Waals surface area contributed by atoms with Crippen molar-refractivity contribution in [1.82, 2.24) is 4.31 Å². The lowest BCUT2D eigenvalue weighted by atomic mass is 9.98. The molecule has 150 valence electrons. The summed E-state index contributed by atoms with van der Waals surface area (Å²) in [6.07, 6.45) is 0.478. The van der Waals surface area contributed by atoms with Gasteiger partial charge in [0.15, 0.2) is 11.6 Å². The van der Waals surface area contributed by atoms with Gasteiger partial charge in [-0.1, -0.05) is 23.2 Å². The molecule has 28 heavy (non-hydrogen) atoms. The highest BCUT2D eigenvalue weighted by molar-refractivity contribution is 7.89. The second kappa shape index (κ2) is 8.32. The summed E-state index contributed by atoms with van der Waals surface area (Å²) in [7, 11) is -3.98. The third kappa shape index (κ3) is 4.46. The number of halogens is 4. The van der Waals surface area contributed by atoms with Gasteiger partial charge in [-0.25, -0.2) is 17.2 Å². The maximum Gasteiger partial charge on any atom is 0.314 e. The molecule has 3 rings (SSSR count). The zero-order valence-corrected chi connectivity index (χ0v) is 16.7. The van der Waals surface area contributed by atoms with E-state index in [0.717, 1.165) is 16.4 Å². The number of ether oxygens (including phenoxy) is 1. The summed E-state index contributed by atoms with van der Waals surface area (Å²) < 4.78 is 58.0. The molecule has 0 radical (unpaired) electrons. The van der Waals surface area contributed by atoms with Gasteiger partial charge >= 0.3 is 5.97 Å². The highest BCUT2D eigenvalue weighted by Crippen LogP contribution is 2.29. The fourth-order valence-corrected chi connectivity index (χ4v) is 4.63. The lowest BCUT2D eigenvalue weighted by molar-refractivity contribution is -0.140. The summed E-state index contributed by atoms with van der Waals surface area (Å²) in [6, 6.07) is 6.86. The van der Waals surface area contributed by atoms with Crippen LogP contribution in [0.25, 0.3) is 0 Å². The van der Waals surface area contributed by atoms with E-state index in [1.54, 1.807) is 0 Å². The molecule has 2 aromatic carbocycles. The Labute approximate surface area is 170 Å². The van der Waals surface area contributed by atoms with Gasteiger partial charge in [0.05, 0.1) is 20.9 Å². The number of carbonyl (C=O) groups is 1. The molecular weight excluding hydrogens is 435 g/mol. The van der Waals surface area contributed by atoms with Crippen molar-refractivity contribution in [3.8, 4) is 5.75 Å². The molecule has 0 aromatic heterocycles. The Morgan fingerprint density at radius 1 is 1.00 bits per heavy atom. The molecule has 0 saturated carbocycles. The Kier molecular flexibility index (Phi) is 6.24. The summed E-state index contributed by atoms with van der Waals surface area (Å²) in [5.74, 6) is -3.10. The van der Waals surface area contributed by atoms with Crippen molar-refractivity contribution in [2.45, 2.75) is 17.7 Å². The number of rotatable bonds is 4. The number of sulfonamides is 1. The molecule has 1 aliphatic rings. The number of piperidine rings is 1. The Morgan fingerprint density at radius 3 is 2.29 bits per heavy atom. The summed E-state index contributed by atoms with van der Waals surface area (Å²) in [5, 5.41) is 0.580. The van der Waals surface area contributed by atoms with Crippen LogP contribution in [0.4, 0.5) is 8.78 Å². The van der Waals surface area contributed by atoms with Gasteiger partial charge in [-0.3, -0.25) is 4.79 Å². The summed E-state index contributed by atoms with van der Waals surface area (Å²) in [6.45, 7) is 0.116. The van der Waals surface area contributed by atoms with Crippen LogP contribution >= 0.6 is 23.2 Å². The quantitative estimate of drug-likeness (QED) is 0.516. The third-order valence-corrected chi connectivity index (χ3v) is 7.06. The van der Waals surface area contributed by atoms with E-state index in [0.29, 0.717) is 11.1 Å². The van der Waals surface area contributed by atoms with E-state index in [9.17, 15) is 22.0 Å². The first-order valence-electron chi connectivity index (χ1n) is 8.30. The monoisotopic (exact) mass is 449 g/mol. The average Bonchev–Trinajstić information content (AvgIpc) is 2.67. The number of benzene rings is 2. The minimum atomic E-state index is -3.98. The van der Waals surface area contributed by atoms with Crippen molar-refractivity contribution in [2.24, 2.45) is 5.92 Å². The predicted octanol–water partition coefficient (Wildman–Crippen LogP) is 4.28. The van der Waals surface area contributed by atoms with Crippen LogP contribution in [-0.4, -0.2) is 31.8 Å². The molecule has 1 heterocycles. The van der Waals surface area contributed by atoms with E-state index in [1.165, 1.54) is 18.2 Å². The molecule has 1 saturated heterocycles. The van der Waals surface area contributed by atoms with Gasteiger partial charge in [0.2, 0.25) is 10.0 Å². The number of esters is 1. The Balaban J connectivity index is 1.63. The van der Waals surface area contributed by atoms with Crippen LogP contribution in [-0.2, 0) is 14.8 Å². The van der Waals surface area contributed by atoms with Crippen molar-refractivity contribution >= 4 is 39.2 Å². The van der Waals surface area contributed by atoms with Crippen LogP contribution in [0.5, 0.6) is 5.75 Å². The van der Waals surface area contributed by atoms with Gasteiger partial charge in [-0.2, -0.15) is 4.31 Å². The maximum absolute atomic E-state index is 13.4. The second-order valence-electron chi connectivity index (χ2n) is 6.25. The topological polar surface area (TPSA) is 63.7 Å². The first kappa shape index (κ1) is 21.0. The number of nitrogens with zero attached hydrogens (tertiary/aromatic N) is 1. The Bertz CT molecular complexity index is 1010. The molecule has 1 aliphatic heterocycles. The lowest BCUT2D eigenvalue weighted by Gasteiger charge is -2.30. The van der Waals surface area contributed by atoms with Crippen molar-refractivity contribution in [3.05, 3.63) is 58.1 Å². The highest BCUT2D eigenvalue weighted by Gasteiger charge is 2.33. The van der Waals surface area contributed by atoms with Crippen molar-refractivity contribution in [3.63, 3.8) is 0 Å². The Morgan fingerprint density at radius 2 is 1.68 bits per heavy atom. The normalized spacial score (nSPS) is 16.1. The van der Waals surface area contributed by atoms with Gasteiger partial charge in [0, 0.05) is 19.2 Å². The molecule has 1 fully saturated rings. The van der Waals surface area contributed by atoms with Crippen molar-refractivity contribution in [1.29, 1.82) is 0 Å². The molecule has 0 aliphatic carbocycles.